The summed E-state index contributed by atoms with van der Waals surface area (Å²) in [6.07, 6.45) is 1.27. The van der Waals surface area contributed by atoms with Gasteiger partial charge in [-0.1, -0.05) is 0 Å². The number of rotatable bonds is 7. The van der Waals surface area contributed by atoms with Crippen molar-refractivity contribution in [3.05, 3.63) is 18.2 Å². The molecule has 0 aliphatic carbocycles. The Labute approximate surface area is 107 Å². The van der Waals surface area contributed by atoms with Gasteiger partial charge >= 0.3 is 0 Å². The fraction of sp³-hybridized carbons (Fsp3) is 0.462. The lowest BCUT2D eigenvalue weighted by Gasteiger charge is -2.12. The van der Waals surface area contributed by atoms with Gasteiger partial charge in [0.2, 0.25) is 5.91 Å². The minimum absolute atomic E-state index is 0.0504. The van der Waals surface area contributed by atoms with Crippen LogP contribution < -0.4 is 20.1 Å². The molecule has 0 unspecified atom stereocenters. The van der Waals surface area contributed by atoms with Gasteiger partial charge < -0.3 is 20.1 Å². The van der Waals surface area contributed by atoms with Crippen molar-refractivity contribution in [1.82, 2.24) is 5.32 Å². The van der Waals surface area contributed by atoms with Crippen molar-refractivity contribution in [3.8, 4) is 11.5 Å². The van der Waals surface area contributed by atoms with Gasteiger partial charge in [-0.05, 0) is 18.6 Å². The normalized spacial score (nSPS) is 9.72. The molecule has 1 rings (SSSR count). The van der Waals surface area contributed by atoms with E-state index in [-0.39, 0.29) is 5.91 Å². The van der Waals surface area contributed by atoms with Gasteiger partial charge in [0.25, 0.3) is 0 Å². The lowest BCUT2D eigenvalue weighted by atomic mass is 10.2. The number of ether oxygens (including phenoxy) is 2. The second-order valence-electron chi connectivity index (χ2n) is 3.77. The largest absolute Gasteiger partial charge is 0.497 e. The molecule has 100 valence electrons. The molecule has 5 nitrogen and oxygen atoms in total. The van der Waals surface area contributed by atoms with E-state index >= 15 is 0 Å². The fourth-order valence-corrected chi connectivity index (χ4v) is 1.55. The van der Waals surface area contributed by atoms with Gasteiger partial charge in [-0.15, -0.1) is 0 Å². The molecule has 1 aromatic carbocycles. The molecule has 0 aliphatic heterocycles. The maximum absolute atomic E-state index is 11.1. The molecule has 2 N–H and O–H groups in total. The highest BCUT2D eigenvalue weighted by Crippen LogP contribution is 2.28. The van der Waals surface area contributed by atoms with Crippen molar-refractivity contribution in [2.45, 2.75) is 12.8 Å². The minimum atomic E-state index is 0.0504. The molecule has 18 heavy (non-hydrogen) atoms. The maximum atomic E-state index is 11.1. The van der Waals surface area contributed by atoms with Crippen LogP contribution in [0.15, 0.2) is 18.2 Å². The minimum Gasteiger partial charge on any atom is -0.497 e. The molecule has 0 saturated heterocycles. The van der Waals surface area contributed by atoms with Crippen molar-refractivity contribution >= 4 is 11.6 Å². The number of hydrogen-bond donors (Lipinski definition) is 2. The first-order valence-electron chi connectivity index (χ1n) is 5.87. The zero-order valence-corrected chi connectivity index (χ0v) is 11.1. The van der Waals surface area contributed by atoms with Gasteiger partial charge in [0.1, 0.15) is 11.5 Å². The van der Waals surface area contributed by atoms with Crippen LogP contribution in [0.25, 0.3) is 0 Å². The van der Waals surface area contributed by atoms with Crippen molar-refractivity contribution in [3.63, 3.8) is 0 Å². The molecule has 0 heterocycles. The Kier molecular flexibility index (Phi) is 5.84. The second kappa shape index (κ2) is 7.42. The monoisotopic (exact) mass is 252 g/mol. The highest BCUT2D eigenvalue weighted by Gasteiger charge is 2.04. The summed E-state index contributed by atoms with van der Waals surface area (Å²) in [6, 6.07) is 5.56. The number of methoxy groups -OCH3 is 2. The van der Waals surface area contributed by atoms with E-state index < -0.39 is 0 Å². The van der Waals surface area contributed by atoms with Gasteiger partial charge in [0.05, 0.1) is 19.9 Å². The fourth-order valence-electron chi connectivity index (χ4n) is 1.55. The molecule has 1 aromatic rings. The number of hydrogen-bond acceptors (Lipinski definition) is 4. The number of benzene rings is 1. The van der Waals surface area contributed by atoms with Gasteiger partial charge in [-0.3, -0.25) is 4.79 Å². The van der Waals surface area contributed by atoms with E-state index in [1.807, 2.05) is 18.2 Å². The molecule has 5 heteroatoms. The third kappa shape index (κ3) is 4.16. The number of nitrogens with one attached hydrogen (secondary N) is 2. The molecule has 0 spiro atoms. The number of anilines is 1. The average Bonchev–Trinajstić information content (AvgIpc) is 2.42. The molecular formula is C13H20N2O3. The Morgan fingerprint density at radius 3 is 2.67 bits per heavy atom. The first-order valence-corrected chi connectivity index (χ1v) is 5.87. The van der Waals surface area contributed by atoms with Crippen LogP contribution in [0.2, 0.25) is 0 Å². The topological polar surface area (TPSA) is 59.6 Å². The zero-order chi connectivity index (χ0) is 13.4. The molecular weight excluding hydrogens is 232 g/mol. The first kappa shape index (κ1) is 14.2. The van der Waals surface area contributed by atoms with Crippen LogP contribution in [0.5, 0.6) is 11.5 Å². The van der Waals surface area contributed by atoms with E-state index in [1.54, 1.807) is 21.3 Å². The summed E-state index contributed by atoms with van der Waals surface area (Å²) in [5.74, 6) is 1.58. The summed E-state index contributed by atoms with van der Waals surface area (Å²) in [7, 11) is 4.88. The van der Waals surface area contributed by atoms with Crippen LogP contribution >= 0.6 is 0 Å². The van der Waals surface area contributed by atoms with E-state index in [0.29, 0.717) is 13.0 Å². The standard InChI is InChI=1S/C13H20N2O3/c1-14-13(16)5-4-8-15-11-9-10(17-2)6-7-12(11)18-3/h6-7,9,15H,4-5,8H2,1-3H3,(H,14,16). The number of carbonyl (C=O) groups is 1. The molecule has 0 bridgehead atoms. The van der Waals surface area contributed by atoms with Gasteiger partial charge in [0.15, 0.2) is 0 Å². The van der Waals surface area contributed by atoms with E-state index in [9.17, 15) is 4.79 Å². The third-order valence-corrected chi connectivity index (χ3v) is 2.58. The summed E-state index contributed by atoms with van der Waals surface area (Å²) in [5, 5.41) is 5.83. The van der Waals surface area contributed by atoms with Crippen LogP contribution in [0.4, 0.5) is 5.69 Å². The Hall–Kier alpha value is -1.91. The lowest BCUT2D eigenvalue weighted by Crippen LogP contribution is -2.18. The molecule has 0 saturated carbocycles. The second-order valence-corrected chi connectivity index (χ2v) is 3.77. The number of amides is 1. The number of carbonyl (C=O) groups excluding carboxylic acids is 1. The van der Waals surface area contributed by atoms with Crippen molar-refractivity contribution < 1.29 is 14.3 Å². The van der Waals surface area contributed by atoms with E-state index in [4.69, 9.17) is 9.47 Å². The van der Waals surface area contributed by atoms with Crippen LogP contribution in [0, 0.1) is 0 Å². The van der Waals surface area contributed by atoms with Crippen LogP contribution in [-0.2, 0) is 4.79 Å². The quantitative estimate of drug-likeness (QED) is 0.724. The van der Waals surface area contributed by atoms with Crippen LogP contribution in [-0.4, -0.2) is 33.7 Å². The maximum Gasteiger partial charge on any atom is 0.219 e. The van der Waals surface area contributed by atoms with E-state index in [2.05, 4.69) is 10.6 Å². The predicted octanol–water partition coefficient (Wildman–Crippen LogP) is 1.64. The van der Waals surface area contributed by atoms with Crippen molar-refractivity contribution in [1.29, 1.82) is 0 Å². The van der Waals surface area contributed by atoms with Crippen molar-refractivity contribution in [2.75, 3.05) is 33.1 Å². The SMILES string of the molecule is CNC(=O)CCCNc1cc(OC)ccc1OC. The zero-order valence-electron chi connectivity index (χ0n) is 11.1. The summed E-state index contributed by atoms with van der Waals surface area (Å²) in [4.78, 5) is 11.1. The Balaban J connectivity index is 2.52. The molecule has 0 atom stereocenters. The smallest absolute Gasteiger partial charge is 0.219 e. The molecule has 0 radical (unpaired) electrons. The molecule has 0 aliphatic rings. The van der Waals surface area contributed by atoms with Gasteiger partial charge in [-0.25, -0.2) is 0 Å². The highest BCUT2D eigenvalue weighted by atomic mass is 16.5. The Morgan fingerprint density at radius 2 is 2.06 bits per heavy atom. The summed E-state index contributed by atoms with van der Waals surface area (Å²) < 4.78 is 10.4. The van der Waals surface area contributed by atoms with Gasteiger partial charge in [-0.2, -0.15) is 0 Å². The first-order chi connectivity index (χ1) is 8.71. The summed E-state index contributed by atoms with van der Waals surface area (Å²) >= 11 is 0. The van der Waals surface area contributed by atoms with Crippen LogP contribution in [0.3, 0.4) is 0 Å². The molecule has 0 aromatic heterocycles. The van der Waals surface area contributed by atoms with Crippen molar-refractivity contribution in [2.24, 2.45) is 0 Å². The average molecular weight is 252 g/mol. The van der Waals surface area contributed by atoms with E-state index in [1.165, 1.54) is 0 Å². The van der Waals surface area contributed by atoms with E-state index in [0.717, 1.165) is 23.6 Å². The lowest BCUT2D eigenvalue weighted by molar-refractivity contribution is -0.120. The Bertz CT molecular complexity index is 394. The van der Waals surface area contributed by atoms with Gasteiger partial charge in [0, 0.05) is 26.1 Å². The third-order valence-electron chi connectivity index (χ3n) is 2.58. The molecule has 0 fully saturated rings. The highest BCUT2D eigenvalue weighted by molar-refractivity contribution is 5.75. The summed E-state index contributed by atoms with van der Waals surface area (Å²) in [5.41, 5.74) is 0.869. The van der Waals surface area contributed by atoms with Crippen LogP contribution in [0.1, 0.15) is 12.8 Å². The Morgan fingerprint density at radius 1 is 1.28 bits per heavy atom. The predicted molar refractivity (Wildman–Crippen MR) is 71.3 cm³/mol. The molecule has 1 amide bonds. The summed E-state index contributed by atoms with van der Waals surface area (Å²) in [6.45, 7) is 0.705.